The summed E-state index contributed by atoms with van der Waals surface area (Å²) in [4.78, 5) is 37.8. The zero-order valence-electron chi connectivity index (χ0n) is 19.1. The topological polar surface area (TPSA) is 87.2 Å². The minimum absolute atomic E-state index is 0.0906. The average molecular weight is 490 g/mol. The molecule has 1 saturated heterocycles. The van der Waals surface area contributed by atoms with Crippen LogP contribution in [0, 0.1) is 18.7 Å². The van der Waals surface area contributed by atoms with Crippen LogP contribution in [0.3, 0.4) is 0 Å². The Morgan fingerprint density at radius 3 is 2.77 bits per heavy atom. The summed E-state index contributed by atoms with van der Waals surface area (Å²) in [5, 5.41) is 6.52. The molecular weight excluding hydrogens is 465 g/mol. The Labute approximate surface area is 206 Å². The Morgan fingerprint density at radius 1 is 1.09 bits per heavy atom. The molecule has 2 N–H and O–H groups in total. The third-order valence-electron chi connectivity index (χ3n) is 6.04. The molecule has 2 aromatic heterocycles. The largest absolute Gasteiger partial charge is 0.347 e. The molecule has 2 amide bonds. The maximum Gasteiger partial charge on any atom is 0.255 e. The second kappa shape index (κ2) is 9.79. The van der Waals surface area contributed by atoms with Gasteiger partial charge in [-0.1, -0.05) is 23.5 Å². The Bertz CT molecular complexity index is 1370. The molecular formula is C26H24FN5O2S. The number of halogens is 1. The number of aromatic nitrogens is 2. The number of fused-ring (bicyclic) bond motifs is 1. The standard InChI is InChI=1S/C26H24FN5O2S/c1-16-9-10-20(14-21(16)27)30-23(33)17-5-2-7-19(13-17)29-24(34)18-6-4-12-32(15-18)26-31-22-8-3-11-28-25(22)35-26/h2-3,5,7-11,13-14,18H,4,6,12,15H2,1H3,(H,29,34)(H,30,33)/t18-/m0/s1. The smallest absolute Gasteiger partial charge is 0.255 e. The molecule has 1 fully saturated rings. The average Bonchev–Trinajstić information content (AvgIpc) is 3.31. The van der Waals surface area contributed by atoms with Gasteiger partial charge in [-0.25, -0.2) is 14.4 Å². The molecule has 0 radical (unpaired) electrons. The number of hydrogen-bond donors (Lipinski definition) is 2. The van der Waals surface area contributed by atoms with E-state index in [2.05, 4.69) is 25.5 Å². The number of anilines is 3. The highest BCUT2D eigenvalue weighted by atomic mass is 32.1. The first kappa shape index (κ1) is 22.9. The van der Waals surface area contributed by atoms with Gasteiger partial charge in [0.25, 0.3) is 5.91 Å². The number of pyridine rings is 1. The SMILES string of the molecule is Cc1ccc(NC(=O)c2cccc(NC(=O)[C@H]3CCCN(c4nc5cccnc5s4)C3)c2)cc1F. The lowest BCUT2D eigenvalue weighted by molar-refractivity contribution is -0.120. The van der Waals surface area contributed by atoms with Crippen LogP contribution in [0.5, 0.6) is 0 Å². The molecule has 0 unspecified atom stereocenters. The van der Waals surface area contributed by atoms with E-state index in [4.69, 9.17) is 0 Å². The van der Waals surface area contributed by atoms with Crippen molar-refractivity contribution in [2.75, 3.05) is 28.6 Å². The van der Waals surface area contributed by atoms with Gasteiger partial charge in [0.2, 0.25) is 5.91 Å². The molecule has 4 aromatic rings. The highest BCUT2D eigenvalue weighted by Crippen LogP contribution is 2.30. The van der Waals surface area contributed by atoms with Gasteiger partial charge in [-0.2, -0.15) is 0 Å². The minimum Gasteiger partial charge on any atom is -0.347 e. The zero-order chi connectivity index (χ0) is 24.4. The lowest BCUT2D eigenvalue weighted by Gasteiger charge is -2.31. The van der Waals surface area contributed by atoms with Crippen molar-refractivity contribution in [2.24, 2.45) is 5.92 Å². The van der Waals surface area contributed by atoms with Crippen molar-refractivity contribution in [3.63, 3.8) is 0 Å². The van der Waals surface area contributed by atoms with Crippen LogP contribution in [0.25, 0.3) is 10.3 Å². The molecule has 1 aliphatic rings. The third kappa shape index (κ3) is 5.14. The van der Waals surface area contributed by atoms with E-state index >= 15 is 0 Å². The zero-order valence-corrected chi connectivity index (χ0v) is 19.9. The monoisotopic (exact) mass is 489 g/mol. The number of aryl methyl sites for hydroxylation is 1. The van der Waals surface area contributed by atoms with Gasteiger partial charge < -0.3 is 15.5 Å². The summed E-state index contributed by atoms with van der Waals surface area (Å²) in [6, 6.07) is 15.1. The number of carbonyl (C=O) groups excluding carboxylic acids is 2. The lowest BCUT2D eigenvalue weighted by Crippen LogP contribution is -2.40. The fourth-order valence-corrected chi connectivity index (χ4v) is 5.06. The van der Waals surface area contributed by atoms with Crippen LogP contribution in [-0.2, 0) is 4.79 Å². The molecule has 0 aliphatic carbocycles. The number of rotatable bonds is 5. The van der Waals surface area contributed by atoms with Crippen LogP contribution in [0.2, 0.25) is 0 Å². The van der Waals surface area contributed by atoms with Gasteiger partial charge >= 0.3 is 0 Å². The van der Waals surface area contributed by atoms with Crippen LogP contribution < -0.4 is 15.5 Å². The Hall–Kier alpha value is -3.85. The van der Waals surface area contributed by atoms with Crippen molar-refractivity contribution in [3.05, 3.63) is 77.7 Å². The van der Waals surface area contributed by atoms with Crippen molar-refractivity contribution in [1.29, 1.82) is 0 Å². The molecule has 0 saturated carbocycles. The highest BCUT2D eigenvalue weighted by Gasteiger charge is 2.28. The van der Waals surface area contributed by atoms with Gasteiger partial charge in [0.1, 0.15) is 16.2 Å². The summed E-state index contributed by atoms with van der Waals surface area (Å²) in [6.45, 7) is 3.08. The Kier molecular flexibility index (Phi) is 6.41. The summed E-state index contributed by atoms with van der Waals surface area (Å²) >= 11 is 1.53. The van der Waals surface area contributed by atoms with Gasteiger partial charge in [-0.05, 0) is 67.8 Å². The van der Waals surface area contributed by atoms with Crippen LogP contribution in [0.4, 0.5) is 20.9 Å². The number of hydrogen-bond acceptors (Lipinski definition) is 6. The number of nitrogens with one attached hydrogen (secondary N) is 2. The van der Waals surface area contributed by atoms with Crippen LogP contribution in [0.15, 0.2) is 60.8 Å². The predicted molar refractivity (Wildman–Crippen MR) is 137 cm³/mol. The van der Waals surface area contributed by atoms with E-state index in [0.717, 1.165) is 34.9 Å². The van der Waals surface area contributed by atoms with Gasteiger partial charge in [-0.3, -0.25) is 9.59 Å². The molecule has 2 aromatic carbocycles. The number of benzene rings is 2. The Morgan fingerprint density at radius 2 is 1.94 bits per heavy atom. The first-order valence-corrected chi connectivity index (χ1v) is 12.2. The quantitative estimate of drug-likeness (QED) is 0.400. The first-order chi connectivity index (χ1) is 17.0. The molecule has 9 heteroatoms. The number of thiazole rings is 1. The van der Waals surface area contributed by atoms with Crippen LogP contribution in [-0.4, -0.2) is 34.9 Å². The van der Waals surface area contributed by atoms with E-state index in [1.54, 1.807) is 49.5 Å². The highest BCUT2D eigenvalue weighted by molar-refractivity contribution is 7.21. The third-order valence-corrected chi connectivity index (χ3v) is 7.08. The molecule has 35 heavy (non-hydrogen) atoms. The fraction of sp³-hybridized carbons (Fsp3) is 0.231. The summed E-state index contributed by atoms with van der Waals surface area (Å²) in [5.74, 6) is -1.05. The van der Waals surface area contributed by atoms with Gasteiger partial charge in [-0.15, -0.1) is 0 Å². The van der Waals surface area contributed by atoms with E-state index in [9.17, 15) is 14.0 Å². The predicted octanol–water partition coefficient (Wildman–Crippen LogP) is 5.25. The number of carbonyl (C=O) groups is 2. The van der Waals surface area contributed by atoms with Crippen molar-refractivity contribution in [1.82, 2.24) is 9.97 Å². The summed E-state index contributed by atoms with van der Waals surface area (Å²) in [7, 11) is 0. The molecule has 0 spiro atoms. The van der Waals surface area contributed by atoms with E-state index in [1.807, 2.05) is 12.1 Å². The van der Waals surface area contributed by atoms with Gasteiger partial charge in [0, 0.05) is 36.2 Å². The van der Waals surface area contributed by atoms with E-state index < -0.39 is 0 Å². The fourth-order valence-electron chi connectivity index (χ4n) is 4.11. The minimum atomic E-state index is -0.382. The molecule has 7 nitrogen and oxygen atoms in total. The van der Waals surface area contributed by atoms with E-state index in [-0.39, 0.29) is 23.5 Å². The molecule has 1 aliphatic heterocycles. The molecule has 178 valence electrons. The van der Waals surface area contributed by atoms with Gasteiger partial charge in [0.05, 0.1) is 5.92 Å². The van der Waals surface area contributed by atoms with Crippen molar-refractivity contribution in [3.8, 4) is 0 Å². The lowest BCUT2D eigenvalue weighted by atomic mass is 9.97. The second-order valence-electron chi connectivity index (χ2n) is 8.60. The number of piperidine rings is 1. The normalized spacial score (nSPS) is 15.7. The summed E-state index contributed by atoms with van der Waals surface area (Å²) < 4.78 is 13.8. The van der Waals surface area contributed by atoms with E-state index in [0.29, 0.717) is 29.0 Å². The summed E-state index contributed by atoms with van der Waals surface area (Å²) in [5.41, 5.74) is 2.66. The van der Waals surface area contributed by atoms with Crippen LogP contribution in [0.1, 0.15) is 28.8 Å². The molecule has 5 rings (SSSR count). The van der Waals surface area contributed by atoms with Crippen molar-refractivity contribution < 1.29 is 14.0 Å². The maximum absolute atomic E-state index is 13.8. The second-order valence-corrected chi connectivity index (χ2v) is 9.55. The molecule has 0 bridgehead atoms. The molecule has 1 atom stereocenters. The van der Waals surface area contributed by atoms with Crippen molar-refractivity contribution in [2.45, 2.75) is 19.8 Å². The number of amides is 2. The van der Waals surface area contributed by atoms with Crippen LogP contribution >= 0.6 is 11.3 Å². The first-order valence-electron chi connectivity index (χ1n) is 11.4. The van der Waals surface area contributed by atoms with E-state index in [1.165, 1.54) is 17.4 Å². The Balaban J connectivity index is 1.24. The van der Waals surface area contributed by atoms with Gasteiger partial charge in [0.15, 0.2) is 5.13 Å². The number of nitrogens with zero attached hydrogens (tertiary/aromatic N) is 3. The summed E-state index contributed by atoms with van der Waals surface area (Å²) in [6.07, 6.45) is 3.42. The van der Waals surface area contributed by atoms with Crippen molar-refractivity contribution >= 4 is 50.0 Å². The molecule has 3 heterocycles. The maximum atomic E-state index is 13.8.